The van der Waals surface area contributed by atoms with Gasteiger partial charge in [0.05, 0.1) is 17.8 Å². The van der Waals surface area contributed by atoms with Crippen molar-refractivity contribution in [2.45, 2.75) is 25.8 Å². The maximum atomic E-state index is 15.3. The molecule has 0 aliphatic carbocycles. The molecule has 1 aliphatic heterocycles. The van der Waals surface area contributed by atoms with Gasteiger partial charge in [0.15, 0.2) is 0 Å². The Bertz CT molecular complexity index is 1390. The number of rotatable bonds is 4. The molecule has 2 aromatic heterocycles. The van der Waals surface area contributed by atoms with Crippen molar-refractivity contribution in [3.63, 3.8) is 0 Å². The summed E-state index contributed by atoms with van der Waals surface area (Å²) in [6.45, 7) is 3.20. The van der Waals surface area contributed by atoms with Gasteiger partial charge in [-0.1, -0.05) is 11.3 Å². The summed E-state index contributed by atoms with van der Waals surface area (Å²) in [5.74, 6) is -1.08. The molecule has 182 valence electrons. The highest BCUT2D eigenvalue weighted by molar-refractivity contribution is 6.11. The molecule has 35 heavy (non-hydrogen) atoms. The molecule has 0 spiro atoms. The minimum absolute atomic E-state index is 0. The molecule has 0 unspecified atom stereocenters. The van der Waals surface area contributed by atoms with Gasteiger partial charge in [0.1, 0.15) is 23.1 Å². The minimum Gasteiger partial charge on any atom is -0.315 e. The van der Waals surface area contributed by atoms with Crippen molar-refractivity contribution in [2.24, 2.45) is 7.05 Å². The highest BCUT2D eigenvalue weighted by Gasteiger charge is 2.32. The maximum Gasteiger partial charge on any atom is 0.262 e. The van der Waals surface area contributed by atoms with Gasteiger partial charge < -0.3 is 5.32 Å². The van der Waals surface area contributed by atoms with Crippen LogP contribution in [0, 0.1) is 18.6 Å². The molecule has 2 aromatic carbocycles. The van der Waals surface area contributed by atoms with Gasteiger partial charge in [0, 0.05) is 30.7 Å². The summed E-state index contributed by atoms with van der Waals surface area (Å²) in [4.78, 5) is 19.9. The van der Waals surface area contributed by atoms with Crippen LogP contribution in [0.15, 0.2) is 48.8 Å². The molecule has 4 aromatic rings. The van der Waals surface area contributed by atoms with Crippen LogP contribution in [0.1, 0.15) is 28.8 Å². The lowest BCUT2D eigenvalue weighted by atomic mass is 10.0. The quantitative estimate of drug-likeness (QED) is 0.450. The van der Waals surface area contributed by atoms with E-state index in [4.69, 9.17) is 0 Å². The number of aryl methyl sites for hydroxylation is 2. The second-order valence-electron chi connectivity index (χ2n) is 8.60. The normalized spacial score (nSPS) is 15.6. The molecule has 1 atom stereocenters. The number of carbonyl (C=O) groups is 1. The molecule has 0 bridgehead atoms. The molecule has 5 rings (SSSR count). The fraction of sp³-hybridized carbons (Fsp3) is 0.280. The van der Waals surface area contributed by atoms with E-state index in [9.17, 15) is 9.18 Å². The van der Waals surface area contributed by atoms with Crippen molar-refractivity contribution in [3.05, 3.63) is 71.6 Å². The Morgan fingerprint density at radius 3 is 2.71 bits per heavy atom. The number of anilines is 1. The third-order valence-corrected chi connectivity index (χ3v) is 6.19. The van der Waals surface area contributed by atoms with Gasteiger partial charge in [0.25, 0.3) is 5.91 Å². The van der Waals surface area contributed by atoms with E-state index >= 15 is 4.39 Å². The standard InChI is InChI=1S/C25H24F2N6O.ClH/c1-15-10-18(26)11-17-7-9-29-24(23(15)17)33(19-4-3-8-28-13-19)25(34)20-6-5-16(12-21(20)27)22-14-32(2)31-30-22;/h5-7,9-12,14,19,28H,3-4,8,13H2,1-2H3;1H/t19-;/m1./s1. The molecular formula is C25H25ClF2N6O. The van der Waals surface area contributed by atoms with Crippen molar-refractivity contribution in [1.82, 2.24) is 25.3 Å². The number of hydrogen-bond acceptors (Lipinski definition) is 5. The molecule has 1 amide bonds. The highest BCUT2D eigenvalue weighted by atomic mass is 35.5. The monoisotopic (exact) mass is 498 g/mol. The largest absolute Gasteiger partial charge is 0.315 e. The summed E-state index contributed by atoms with van der Waals surface area (Å²) in [7, 11) is 1.73. The van der Waals surface area contributed by atoms with Gasteiger partial charge in [-0.25, -0.2) is 13.8 Å². The molecule has 1 N–H and O–H groups in total. The maximum absolute atomic E-state index is 15.3. The predicted molar refractivity (Wildman–Crippen MR) is 133 cm³/mol. The van der Waals surface area contributed by atoms with Crippen LogP contribution < -0.4 is 10.2 Å². The molecule has 0 radical (unpaired) electrons. The van der Waals surface area contributed by atoms with Crippen LogP contribution >= 0.6 is 12.4 Å². The fourth-order valence-corrected chi connectivity index (χ4v) is 4.59. The van der Waals surface area contributed by atoms with Crippen LogP contribution in [-0.4, -0.2) is 45.0 Å². The SMILES string of the molecule is Cc1cc(F)cc2ccnc(N(C(=O)c3ccc(-c4cn(C)nn4)cc3F)[C@@H]3CCCNC3)c12.Cl. The molecule has 1 aliphatic rings. The number of amides is 1. The molecular weight excluding hydrogens is 474 g/mol. The fourth-order valence-electron chi connectivity index (χ4n) is 4.59. The number of nitrogens with zero attached hydrogens (tertiary/aromatic N) is 5. The third-order valence-electron chi connectivity index (χ3n) is 6.19. The summed E-state index contributed by atoms with van der Waals surface area (Å²) in [5, 5.41) is 12.5. The van der Waals surface area contributed by atoms with E-state index in [2.05, 4.69) is 20.6 Å². The number of fused-ring (bicyclic) bond motifs is 1. The first-order valence-corrected chi connectivity index (χ1v) is 11.2. The van der Waals surface area contributed by atoms with Gasteiger partial charge >= 0.3 is 0 Å². The number of piperidine rings is 1. The molecule has 1 saturated heterocycles. The number of carbonyl (C=O) groups excluding carboxylic acids is 1. The van der Waals surface area contributed by atoms with Crippen molar-refractivity contribution >= 4 is 34.9 Å². The number of pyridine rings is 1. The summed E-state index contributed by atoms with van der Waals surface area (Å²) < 4.78 is 30.9. The van der Waals surface area contributed by atoms with Crippen LogP contribution in [-0.2, 0) is 7.05 Å². The average Bonchev–Trinajstić information content (AvgIpc) is 3.26. The summed E-state index contributed by atoms with van der Waals surface area (Å²) in [5.41, 5.74) is 1.65. The second kappa shape index (κ2) is 10.1. The predicted octanol–water partition coefficient (Wildman–Crippen LogP) is 4.44. The molecule has 10 heteroatoms. The van der Waals surface area contributed by atoms with Crippen LogP contribution in [0.5, 0.6) is 0 Å². The number of benzene rings is 2. The summed E-state index contributed by atoms with van der Waals surface area (Å²) >= 11 is 0. The molecule has 0 saturated carbocycles. The zero-order valence-corrected chi connectivity index (χ0v) is 20.1. The number of nitrogens with one attached hydrogen (secondary N) is 1. The zero-order valence-electron chi connectivity index (χ0n) is 19.3. The number of halogens is 3. The minimum atomic E-state index is -0.648. The van der Waals surface area contributed by atoms with Crippen LogP contribution in [0.3, 0.4) is 0 Å². The first-order chi connectivity index (χ1) is 16.4. The Kier molecular flexibility index (Phi) is 7.09. The first-order valence-electron chi connectivity index (χ1n) is 11.2. The van der Waals surface area contributed by atoms with Crippen LogP contribution in [0.2, 0.25) is 0 Å². The van der Waals surface area contributed by atoms with Crippen molar-refractivity contribution in [3.8, 4) is 11.3 Å². The van der Waals surface area contributed by atoms with E-state index < -0.39 is 11.7 Å². The average molecular weight is 499 g/mol. The Labute approximate surface area is 207 Å². The third kappa shape index (κ3) is 4.74. The Hall–Kier alpha value is -3.43. The lowest BCUT2D eigenvalue weighted by Crippen LogP contribution is -2.49. The smallest absolute Gasteiger partial charge is 0.262 e. The molecule has 1 fully saturated rings. The second-order valence-corrected chi connectivity index (χ2v) is 8.60. The summed E-state index contributed by atoms with van der Waals surface area (Å²) in [6.07, 6.45) is 4.86. The van der Waals surface area contributed by atoms with Crippen molar-refractivity contribution in [1.29, 1.82) is 0 Å². The Morgan fingerprint density at radius 1 is 1.20 bits per heavy atom. The van der Waals surface area contributed by atoms with Crippen molar-refractivity contribution < 1.29 is 13.6 Å². The van der Waals surface area contributed by atoms with Crippen LogP contribution in [0.25, 0.3) is 22.0 Å². The van der Waals surface area contributed by atoms with E-state index in [0.29, 0.717) is 40.0 Å². The van der Waals surface area contributed by atoms with Gasteiger partial charge in [-0.3, -0.25) is 14.4 Å². The molecule has 7 nitrogen and oxygen atoms in total. The lowest BCUT2D eigenvalue weighted by Gasteiger charge is -2.35. The van der Waals surface area contributed by atoms with Crippen molar-refractivity contribution in [2.75, 3.05) is 18.0 Å². The number of hydrogen-bond donors (Lipinski definition) is 1. The summed E-state index contributed by atoms with van der Waals surface area (Å²) in [6, 6.07) is 8.77. The van der Waals surface area contributed by atoms with Gasteiger partial charge in [-0.05, 0) is 67.6 Å². The Balaban J connectivity index is 0.00000289. The van der Waals surface area contributed by atoms with E-state index in [1.165, 1.54) is 28.9 Å². The number of aromatic nitrogens is 4. The topological polar surface area (TPSA) is 75.9 Å². The highest BCUT2D eigenvalue weighted by Crippen LogP contribution is 2.33. The van der Waals surface area contributed by atoms with Gasteiger partial charge in [-0.2, -0.15) is 0 Å². The lowest BCUT2D eigenvalue weighted by molar-refractivity contribution is 0.0968. The van der Waals surface area contributed by atoms with Gasteiger partial charge in [-0.15, -0.1) is 17.5 Å². The molecule has 3 heterocycles. The van der Waals surface area contributed by atoms with E-state index in [-0.39, 0.29) is 29.8 Å². The van der Waals surface area contributed by atoms with E-state index in [0.717, 1.165) is 19.4 Å². The zero-order chi connectivity index (χ0) is 23.8. The van der Waals surface area contributed by atoms with Crippen LogP contribution in [0.4, 0.5) is 14.6 Å². The Morgan fingerprint density at radius 2 is 2.03 bits per heavy atom. The van der Waals surface area contributed by atoms with Gasteiger partial charge in [0.2, 0.25) is 0 Å². The first kappa shape index (κ1) is 24.7. The van der Waals surface area contributed by atoms with E-state index in [1.807, 2.05) is 0 Å². The van der Waals surface area contributed by atoms with E-state index in [1.54, 1.807) is 43.4 Å².